The molecule has 0 aliphatic carbocycles. The third-order valence-corrected chi connectivity index (χ3v) is 3.50. The lowest BCUT2D eigenvalue weighted by Gasteiger charge is -2.10. The van der Waals surface area contributed by atoms with E-state index < -0.39 is 0 Å². The quantitative estimate of drug-likeness (QED) is 0.666. The molecule has 0 aliphatic heterocycles. The fourth-order valence-corrected chi connectivity index (χ4v) is 2.32. The first-order chi connectivity index (χ1) is 12.0. The van der Waals surface area contributed by atoms with E-state index in [1.807, 2.05) is 6.92 Å². The maximum absolute atomic E-state index is 13.3. The Bertz CT molecular complexity index is 910. The summed E-state index contributed by atoms with van der Waals surface area (Å²) in [7, 11) is 0. The predicted octanol–water partition coefficient (Wildman–Crippen LogP) is 4.61. The fraction of sp³-hybridized carbons (Fsp3) is 0.105. The zero-order valence-electron chi connectivity index (χ0n) is 13.9. The Balaban J connectivity index is 1.80. The molecule has 3 aromatic rings. The maximum atomic E-state index is 13.3. The molecule has 0 amide bonds. The Kier molecular flexibility index (Phi) is 4.70. The van der Waals surface area contributed by atoms with Crippen LogP contribution in [0, 0.1) is 12.7 Å². The number of aromatic nitrogens is 2. The van der Waals surface area contributed by atoms with Crippen LogP contribution in [-0.4, -0.2) is 15.8 Å². The van der Waals surface area contributed by atoms with E-state index in [0.29, 0.717) is 23.0 Å². The van der Waals surface area contributed by atoms with E-state index in [0.717, 1.165) is 11.4 Å². The molecule has 0 spiro atoms. The summed E-state index contributed by atoms with van der Waals surface area (Å²) in [4.78, 5) is 20.1. The predicted molar refractivity (Wildman–Crippen MR) is 96.2 cm³/mol. The summed E-state index contributed by atoms with van der Waals surface area (Å²) < 4.78 is 13.3. The highest BCUT2D eigenvalue weighted by Gasteiger charge is 2.05. The second-order valence-corrected chi connectivity index (χ2v) is 5.61. The van der Waals surface area contributed by atoms with Crippen molar-refractivity contribution in [2.75, 3.05) is 10.6 Å². The van der Waals surface area contributed by atoms with E-state index in [2.05, 4.69) is 20.6 Å². The van der Waals surface area contributed by atoms with Crippen molar-refractivity contribution < 1.29 is 9.18 Å². The van der Waals surface area contributed by atoms with E-state index in [4.69, 9.17) is 0 Å². The van der Waals surface area contributed by atoms with Gasteiger partial charge in [-0.15, -0.1) is 0 Å². The standard InChI is InChI=1S/C19H17FN4O/c1-12-10-18(22-17-5-3-4-15(20)11-17)24-19(21-12)23-16-8-6-14(7-9-16)13(2)25/h3-11H,1-2H3,(H2,21,22,23,24). The summed E-state index contributed by atoms with van der Waals surface area (Å²) >= 11 is 0. The van der Waals surface area contributed by atoms with Crippen molar-refractivity contribution in [2.45, 2.75) is 13.8 Å². The molecule has 0 aliphatic rings. The second-order valence-electron chi connectivity index (χ2n) is 5.61. The van der Waals surface area contributed by atoms with E-state index in [1.54, 1.807) is 42.5 Å². The molecule has 0 atom stereocenters. The monoisotopic (exact) mass is 336 g/mol. The minimum Gasteiger partial charge on any atom is -0.340 e. The highest BCUT2D eigenvalue weighted by atomic mass is 19.1. The van der Waals surface area contributed by atoms with Crippen LogP contribution in [-0.2, 0) is 0 Å². The lowest BCUT2D eigenvalue weighted by Crippen LogP contribution is -2.02. The molecule has 6 heteroatoms. The van der Waals surface area contributed by atoms with Gasteiger partial charge in [-0.25, -0.2) is 9.37 Å². The molecule has 1 heterocycles. The summed E-state index contributed by atoms with van der Waals surface area (Å²) in [5.74, 6) is 0.662. The molecule has 0 saturated carbocycles. The van der Waals surface area contributed by atoms with E-state index in [-0.39, 0.29) is 11.6 Å². The van der Waals surface area contributed by atoms with Crippen LogP contribution in [0.2, 0.25) is 0 Å². The van der Waals surface area contributed by atoms with Crippen LogP contribution in [0.15, 0.2) is 54.6 Å². The Labute approximate surface area is 145 Å². The minimum atomic E-state index is -0.320. The molecule has 0 saturated heterocycles. The molecule has 5 nitrogen and oxygen atoms in total. The SMILES string of the molecule is CC(=O)c1ccc(Nc2nc(C)cc(Nc3cccc(F)c3)n2)cc1. The van der Waals surface area contributed by atoms with Crippen LogP contribution in [0.3, 0.4) is 0 Å². The zero-order valence-corrected chi connectivity index (χ0v) is 13.9. The van der Waals surface area contributed by atoms with Gasteiger partial charge >= 0.3 is 0 Å². The number of nitrogens with one attached hydrogen (secondary N) is 2. The number of anilines is 4. The smallest absolute Gasteiger partial charge is 0.229 e. The van der Waals surface area contributed by atoms with Crippen LogP contribution in [0.1, 0.15) is 23.0 Å². The van der Waals surface area contributed by atoms with Crippen molar-refractivity contribution in [3.63, 3.8) is 0 Å². The van der Waals surface area contributed by atoms with Gasteiger partial charge in [0.15, 0.2) is 5.78 Å². The molecule has 2 aromatic carbocycles. The fourth-order valence-electron chi connectivity index (χ4n) is 2.32. The number of ketones is 1. The van der Waals surface area contributed by atoms with Crippen LogP contribution in [0.25, 0.3) is 0 Å². The van der Waals surface area contributed by atoms with E-state index in [1.165, 1.54) is 19.1 Å². The van der Waals surface area contributed by atoms with Crippen LogP contribution >= 0.6 is 0 Å². The number of hydrogen-bond acceptors (Lipinski definition) is 5. The minimum absolute atomic E-state index is 0.0138. The van der Waals surface area contributed by atoms with Crippen LogP contribution in [0.5, 0.6) is 0 Å². The van der Waals surface area contributed by atoms with E-state index >= 15 is 0 Å². The lowest BCUT2D eigenvalue weighted by molar-refractivity contribution is 0.101. The molecule has 0 fully saturated rings. The van der Waals surface area contributed by atoms with Gasteiger partial charge in [-0.05, 0) is 56.3 Å². The molecule has 3 rings (SSSR count). The molecule has 25 heavy (non-hydrogen) atoms. The number of halogens is 1. The van der Waals surface area contributed by atoms with Crippen LogP contribution < -0.4 is 10.6 Å². The zero-order chi connectivity index (χ0) is 17.8. The van der Waals surface area contributed by atoms with Crippen molar-refractivity contribution in [3.8, 4) is 0 Å². The number of rotatable bonds is 5. The van der Waals surface area contributed by atoms with Gasteiger partial charge in [0.1, 0.15) is 11.6 Å². The van der Waals surface area contributed by atoms with Gasteiger partial charge in [-0.1, -0.05) is 6.07 Å². The summed E-state index contributed by atoms with van der Waals surface area (Å²) in [6.07, 6.45) is 0. The number of benzene rings is 2. The van der Waals surface area contributed by atoms with Gasteiger partial charge in [0.25, 0.3) is 0 Å². The first kappa shape index (κ1) is 16.6. The Morgan fingerprint density at radius 1 is 0.960 bits per heavy atom. The van der Waals surface area contributed by atoms with Gasteiger partial charge in [0, 0.05) is 28.7 Å². The lowest BCUT2D eigenvalue weighted by atomic mass is 10.1. The average Bonchev–Trinajstić information content (AvgIpc) is 2.54. The largest absolute Gasteiger partial charge is 0.340 e. The summed E-state index contributed by atoms with van der Waals surface area (Å²) in [6.45, 7) is 3.37. The summed E-state index contributed by atoms with van der Waals surface area (Å²) in [5, 5.41) is 6.16. The van der Waals surface area contributed by atoms with Crippen LogP contribution in [0.4, 0.5) is 27.5 Å². The number of nitrogens with zero attached hydrogens (tertiary/aromatic N) is 2. The Morgan fingerprint density at radius 2 is 1.72 bits per heavy atom. The molecule has 126 valence electrons. The molecule has 0 radical (unpaired) electrons. The number of Topliss-reactive ketones (excluding diaryl/α,β-unsaturated/α-hetero) is 1. The van der Waals surface area contributed by atoms with Crippen molar-refractivity contribution in [1.82, 2.24) is 9.97 Å². The number of carbonyl (C=O) groups excluding carboxylic acids is 1. The van der Waals surface area contributed by atoms with Gasteiger partial charge in [-0.3, -0.25) is 4.79 Å². The van der Waals surface area contributed by atoms with Gasteiger partial charge in [-0.2, -0.15) is 4.98 Å². The number of aryl methyl sites for hydroxylation is 1. The first-order valence-corrected chi connectivity index (χ1v) is 7.76. The summed E-state index contributed by atoms with van der Waals surface area (Å²) in [6, 6.07) is 15.0. The van der Waals surface area contributed by atoms with Gasteiger partial charge in [0.2, 0.25) is 5.95 Å². The number of hydrogen-bond donors (Lipinski definition) is 2. The normalized spacial score (nSPS) is 10.4. The molecule has 2 N–H and O–H groups in total. The Morgan fingerprint density at radius 3 is 2.40 bits per heavy atom. The highest BCUT2D eigenvalue weighted by Crippen LogP contribution is 2.20. The third kappa shape index (κ3) is 4.38. The topological polar surface area (TPSA) is 66.9 Å². The number of carbonyl (C=O) groups is 1. The van der Waals surface area contributed by atoms with E-state index in [9.17, 15) is 9.18 Å². The molecule has 0 unspecified atom stereocenters. The maximum Gasteiger partial charge on any atom is 0.229 e. The van der Waals surface area contributed by atoms with Gasteiger partial charge < -0.3 is 10.6 Å². The molecular weight excluding hydrogens is 319 g/mol. The van der Waals surface area contributed by atoms with Crippen molar-refractivity contribution in [1.29, 1.82) is 0 Å². The van der Waals surface area contributed by atoms with Gasteiger partial charge in [0.05, 0.1) is 0 Å². The summed E-state index contributed by atoms with van der Waals surface area (Å²) in [5.41, 5.74) is 2.78. The van der Waals surface area contributed by atoms with Crippen molar-refractivity contribution in [3.05, 3.63) is 71.7 Å². The average molecular weight is 336 g/mol. The van der Waals surface area contributed by atoms with Crippen molar-refractivity contribution >= 4 is 28.9 Å². The van der Waals surface area contributed by atoms with Crippen molar-refractivity contribution in [2.24, 2.45) is 0 Å². The third-order valence-electron chi connectivity index (χ3n) is 3.50. The second kappa shape index (κ2) is 7.09. The Hall–Kier alpha value is -3.28. The molecular formula is C19H17FN4O. The highest BCUT2D eigenvalue weighted by molar-refractivity contribution is 5.94. The first-order valence-electron chi connectivity index (χ1n) is 7.76. The molecule has 0 bridgehead atoms. The molecule has 1 aromatic heterocycles.